The zero-order valence-corrected chi connectivity index (χ0v) is 82.0. The lowest BCUT2D eigenvalue weighted by atomic mass is 10.1. The largest absolute Gasteiger partial charge is 0.463 e. The molecule has 141 heavy (non-hydrogen) atoms. The van der Waals surface area contributed by atoms with Crippen molar-refractivity contribution < 1.29 is 126 Å². The molecule has 45 heteroatoms. The van der Waals surface area contributed by atoms with Gasteiger partial charge >= 0.3 is 57.8 Å². The van der Waals surface area contributed by atoms with Gasteiger partial charge in [-0.3, -0.25) is 41.7 Å². The summed E-state index contributed by atoms with van der Waals surface area (Å²) in [4.78, 5) is 84.6. The van der Waals surface area contributed by atoms with Crippen LogP contribution in [0.5, 0.6) is 51.7 Å². The maximum absolute atomic E-state index is 15.0. The first-order valence-corrected chi connectivity index (χ1v) is 50.1. The van der Waals surface area contributed by atoms with Crippen molar-refractivity contribution in [2.45, 2.75) is 156 Å². The number of nitrogens with two attached hydrogens (primary N) is 3. The summed E-state index contributed by atoms with van der Waals surface area (Å²) in [6.07, 6.45) is 6.12. The number of rotatable bonds is 30. The van der Waals surface area contributed by atoms with Crippen LogP contribution in [-0.4, -0.2) is 191 Å². The van der Waals surface area contributed by atoms with Gasteiger partial charge in [-0.1, -0.05) is 26.7 Å². The fourth-order valence-corrected chi connectivity index (χ4v) is 22.3. The minimum Gasteiger partial charge on any atom is -0.463 e. The van der Waals surface area contributed by atoms with Crippen molar-refractivity contribution >= 4 is 93.4 Å². The number of aromatic nitrogens is 6. The molecule has 36 nitrogen and oxygen atoms in total. The summed E-state index contributed by atoms with van der Waals surface area (Å²) in [6.45, 7) is 15.3. The molecule has 6 aliphatic heterocycles. The van der Waals surface area contributed by atoms with Gasteiger partial charge in [-0.2, -0.15) is 15.0 Å². The van der Waals surface area contributed by atoms with Crippen molar-refractivity contribution in [1.29, 1.82) is 0 Å². The Morgan fingerprint density at radius 2 is 0.638 bits per heavy atom. The van der Waals surface area contributed by atoms with Crippen LogP contribution in [0.4, 0.5) is 30.6 Å². The smallest absolute Gasteiger partial charge is 0.380 e. The van der Waals surface area contributed by atoms with Crippen LogP contribution < -0.4 is 76.3 Å². The number of nitrogens with zero attached hydrogens (tertiary/aromatic N) is 6. The Hall–Kier alpha value is -14.1. The van der Waals surface area contributed by atoms with Crippen LogP contribution in [0, 0.1) is 173 Å². The molecule has 1 unspecified atom stereocenters. The van der Waals surface area contributed by atoms with Gasteiger partial charge in [-0.15, -0.1) is 54.6 Å². The zero-order chi connectivity index (χ0) is 103. The van der Waals surface area contributed by atoms with E-state index in [9.17, 15) is 71.0 Å². The molecule has 3 aromatic heterocycles. The Morgan fingerprint density at radius 1 is 0.404 bits per heavy atom. The third-order valence-corrected chi connectivity index (χ3v) is 29.2. The highest BCUT2D eigenvalue weighted by atomic mass is 32.2. The van der Waals surface area contributed by atoms with Gasteiger partial charge in [-0.05, 0) is 233 Å². The first kappa shape index (κ1) is 112. The second-order valence-electron chi connectivity index (χ2n) is 30.4. The van der Waals surface area contributed by atoms with Gasteiger partial charge in [0.2, 0.25) is 20.4 Å². The number of fused-ring (bicyclic) bond motifs is 3. The first-order chi connectivity index (χ1) is 67.2. The second-order valence-corrected chi connectivity index (χ2v) is 40.6. The topological polar surface area (TPSA) is 484 Å². The number of halogens is 3. The van der Waals surface area contributed by atoms with Gasteiger partial charge in [0, 0.05) is 36.8 Å². The lowest BCUT2D eigenvalue weighted by Gasteiger charge is -2.24. The third kappa shape index (κ3) is 35.0. The molecule has 6 aromatic rings. The van der Waals surface area contributed by atoms with Crippen LogP contribution in [0.15, 0.2) is 106 Å². The Labute approximate surface area is 823 Å². The number of anilines is 3. The Bertz CT molecular complexity index is 6220. The number of hydrogen-bond donors (Lipinski definition) is 6. The number of carbonyl (C=O) groups is 3. The van der Waals surface area contributed by atoms with Crippen LogP contribution in [0.2, 0.25) is 0 Å². The number of terminal acetylenes is 3. The maximum Gasteiger partial charge on any atom is 0.380 e. The number of aliphatic hydroxyl groups excluding tert-OH is 3. The normalized spacial score (nSPS) is 20.7. The van der Waals surface area contributed by atoms with E-state index in [1.807, 2.05) is 0 Å². The summed E-state index contributed by atoms with van der Waals surface area (Å²) in [5, 5.41) is 25.5. The highest BCUT2D eigenvalue weighted by molar-refractivity contribution is 8.00. The monoisotopic (exact) mass is 2050 g/mol. The van der Waals surface area contributed by atoms with Crippen molar-refractivity contribution in [3.8, 4) is 207 Å². The van der Waals surface area contributed by atoms with Gasteiger partial charge < -0.3 is 88.7 Å². The summed E-state index contributed by atoms with van der Waals surface area (Å²) in [7, 11) is -12.2. The van der Waals surface area contributed by atoms with E-state index in [0.717, 1.165) is 49.0 Å². The zero-order valence-electron chi connectivity index (χ0n) is 76.9. The predicted molar refractivity (Wildman–Crippen MR) is 519 cm³/mol. The molecule has 0 saturated carbocycles. The van der Waals surface area contributed by atoms with E-state index < -0.39 is 164 Å². The van der Waals surface area contributed by atoms with E-state index >= 15 is 0 Å². The molecule has 0 spiro atoms. The maximum atomic E-state index is 15.0. The van der Waals surface area contributed by atoms with Gasteiger partial charge in [0.1, 0.15) is 69.1 Å². The number of alkyl halides is 3. The average Bonchev–Trinajstić information content (AvgIpc) is 1.66. The standard InChI is InChI=1S/3C23H29FN3O9PS.C14H2.C13H4/c3*1-12(2)35-22(29)13(3)10-37(31,36-14-4-5-15-16(8-14)33-11-32-15)34-9-17-20(28)19(24)21(38-17)27-7-6-18(25)26-23(27)30;1-3-5-7-9-11-13-14-12-10-8-6-4-2;1-3-5-7-9-11-13-12-10-8-6-4-2/h3*4-8,12-13,17,19-21,28H,9-11H2,1-3H3,(H2,25,26,30);1-2H;1H,2H3/t13-,17-,19+,20-,21-,37?;13-,17-,19+,20-,21-,37+;13-,17-,19+,20-,21-,37-;;/m111../s1. The van der Waals surface area contributed by atoms with E-state index in [1.54, 1.807) is 66.7 Å². The number of benzene rings is 3. The molecule has 3 fully saturated rings. The van der Waals surface area contributed by atoms with Crippen molar-refractivity contribution in [2.24, 2.45) is 17.8 Å². The number of aliphatic hydroxyl groups is 3. The summed E-state index contributed by atoms with van der Waals surface area (Å²) < 4.78 is 172. The van der Waals surface area contributed by atoms with Crippen molar-refractivity contribution in [3.05, 3.63) is 123 Å². The number of nitrogen functional groups attached to an aromatic ring is 3. The van der Waals surface area contributed by atoms with Gasteiger partial charge in [-0.25, -0.2) is 41.3 Å². The summed E-state index contributed by atoms with van der Waals surface area (Å²) in [6, 6.07) is 17.7. The third-order valence-electron chi connectivity index (χ3n) is 18.5. The van der Waals surface area contributed by atoms with E-state index in [-0.39, 0.29) is 91.9 Å². The molecule has 6 aliphatic rings. The molecule has 9 N–H and O–H groups in total. The SMILES string of the molecule is C#CC#CC#CC#CC#CC#CC.C#CC#CC#CC#CC#CC#CC#C.CC(C)OC(=O)[C@H](C)CP(=O)(OC[C@H]1S[C@@H](n2ccc(N)nc2=O)[C@@H](F)[C@@H]1O)Oc1ccc2c(c1)OCO2.CC(C)OC(=O)[C@H](C)C[P@@](=O)(OC[C@H]1S[C@@H](n2ccc(N)nc2=O)[C@@H](F)[C@@H]1O)Oc1ccc2c(c1)OCO2.CC(C)OC(=O)[C@H](C)C[P@](=O)(OC[C@H]1S[C@@H](n2ccc(N)nc2=O)[C@@H](F)[C@@H]1O)Oc1ccc2c(c1)OCO2. The van der Waals surface area contributed by atoms with Gasteiger partial charge in [0.15, 0.2) is 53.0 Å². The minimum absolute atomic E-state index is 0.0168. The molecule has 9 heterocycles. The second kappa shape index (κ2) is 55.0. The molecule has 0 bridgehead atoms. The molecule has 0 radical (unpaired) electrons. The van der Waals surface area contributed by atoms with E-state index in [4.69, 9.17) is 106 Å². The molecule has 18 atom stereocenters. The van der Waals surface area contributed by atoms with E-state index in [1.165, 1.54) is 94.0 Å². The van der Waals surface area contributed by atoms with Crippen LogP contribution in [0.1, 0.15) is 85.4 Å². The van der Waals surface area contributed by atoms with Crippen LogP contribution in [-0.2, 0) is 55.9 Å². The lowest BCUT2D eigenvalue weighted by Crippen LogP contribution is -2.33. The average molecular weight is 2050 g/mol. The summed E-state index contributed by atoms with van der Waals surface area (Å²) in [5.41, 5.74) is 14.2. The number of ether oxygens (including phenoxy) is 9. The van der Waals surface area contributed by atoms with Gasteiger partial charge in [0.05, 0.1) is 90.1 Å². The fourth-order valence-electron chi connectivity index (χ4n) is 12.2. The first-order valence-electron chi connectivity index (χ1n) is 42.1. The number of thioether (sulfide) groups is 3. The molecule has 12 rings (SSSR count). The molecule has 0 aliphatic carbocycles. The minimum atomic E-state index is -4.07. The predicted octanol–water partition coefficient (Wildman–Crippen LogP) is 9.16. The van der Waals surface area contributed by atoms with Gasteiger partial charge in [0.25, 0.3) is 0 Å². The Morgan fingerprint density at radius 3 is 0.865 bits per heavy atom. The molecule has 0 amide bonds. The highest BCUT2D eigenvalue weighted by Gasteiger charge is 2.50. The van der Waals surface area contributed by atoms with Crippen LogP contribution >= 0.6 is 58.1 Å². The highest BCUT2D eigenvalue weighted by Crippen LogP contribution is 2.57. The van der Waals surface area contributed by atoms with Crippen LogP contribution in [0.3, 0.4) is 0 Å². The Kier molecular flexibility index (Phi) is 43.8. The summed E-state index contributed by atoms with van der Waals surface area (Å²) >= 11 is 2.77. The molecule has 738 valence electrons. The Balaban J connectivity index is 0.000000229. The van der Waals surface area contributed by atoms with E-state index in [0.29, 0.717) is 34.5 Å². The summed E-state index contributed by atoms with van der Waals surface area (Å²) in [5.74, 6) is 53.8. The van der Waals surface area contributed by atoms with Crippen molar-refractivity contribution in [3.63, 3.8) is 0 Å². The molecular weight excluding hydrogens is 1960 g/mol. The van der Waals surface area contributed by atoms with Crippen molar-refractivity contribution in [2.75, 3.05) is 75.9 Å². The molecule has 3 saturated heterocycles. The van der Waals surface area contributed by atoms with Crippen LogP contribution in [0.25, 0.3) is 0 Å². The van der Waals surface area contributed by atoms with Crippen molar-refractivity contribution in [1.82, 2.24) is 28.7 Å². The molecular formula is C96H93F3N9O27P3S3. The quantitative estimate of drug-likeness (QED) is 0.0106. The van der Waals surface area contributed by atoms with E-state index in [2.05, 4.69) is 151 Å². The lowest BCUT2D eigenvalue weighted by molar-refractivity contribution is -0.152. The fraction of sp³-hybridized carbons (Fsp3) is 0.385. The number of carbonyl (C=O) groups excluding carboxylic acids is 3. The number of hydrogen-bond acceptors (Lipinski definition) is 36. The number of esters is 3. The molecule has 3 aromatic carbocycles.